The van der Waals surface area contributed by atoms with Gasteiger partial charge in [0, 0.05) is 29.9 Å². The van der Waals surface area contributed by atoms with E-state index in [0.29, 0.717) is 11.4 Å². The number of aromatic nitrogens is 1. The Kier molecular flexibility index (Phi) is 6.19. The number of carbonyl (C=O) groups is 1. The highest BCUT2D eigenvalue weighted by Crippen LogP contribution is 2.13. The number of amides is 1. The normalized spacial score (nSPS) is 10.3. The Morgan fingerprint density at radius 3 is 2.67 bits per heavy atom. The van der Waals surface area contributed by atoms with Gasteiger partial charge in [0.25, 0.3) is 0 Å². The van der Waals surface area contributed by atoms with E-state index in [-0.39, 0.29) is 5.91 Å². The van der Waals surface area contributed by atoms with Crippen LogP contribution in [-0.2, 0) is 11.3 Å². The fraction of sp³-hybridized carbons (Fsp3) is 0.250. The maximum atomic E-state index is 11.7. The summed E-state index contributed by atoms with van der Waals surface area (Å²) in [5.41, 5.74) is 1.77. The van der Waals surface area contributed by atoms with Gasteiger partial charge in [0.2, 0.25) is 5.91 Å². The topological polar surface area (TPSA) is 54.0 Å². The van der Waals surface area contributed by atoms with Gasteiger partial charge in [0.1, 0.15) is 0 Å². The number of anilines is 1. The lowest BCUT2D eigenvalue weighted by Crippen LogP contribution is -2.18. The predicted octanol–water partition coefficient (Wildman–Crippen LogP) is 3.24. The molecule has 2 rings (SSSR count). The summed E-state index contributed by atoms with van der Waals surface area (Å²) in [7, 11) is 0. The SMILES string of the molecule is O=C(CCCNCc1ccccn1)Nc1ccc(Cl)cc1. The molecule has 0 bridgehead atoms. The third-order valence-corrected chi connectivity index (χ3v) is 3.17. The number of halogens is 1. The molecule has 0 atom stereocenters. The fourth-order valence-corrected chi connectivity index (χ4v) is 1.98. The van der Waals surface area contributed by atoms with Gasteiger partial charge in [0.05, 0.1) is 5.69 Å². The van der Waals surface area contributed by atoms with E-state index < -0.39 is 0 Å². The summed E-state index contributed by atoms with van der Waals surface area (Å²) < 4.78 is 0. The first-order chi connectivity index (χ1) is 10.2. The Morgan fingerprint density at radius 2 is 1.95 bits per heavy atom. The van der Waals surface area contributed by atoms with Crippen molar-refractivity contribution in [1.29, 1.82) is 0 Å². The molecule has 1 aromatic heterocycles. The number of benzene rings is 1. The number of hydrogen-bond acceptors (Lipinski definition) is 3. The number of hydrogen-bond donors (Lipinski definition) is 2. The molecule has 0 unspecified atom stereocenters. The molecule has 0 aliphatic rings. The van der Waals surface area contributed by atoms with Gasteiger partial charge in [0.15, 0.2) is 0 Å². The highest BCUT2D eigenvalue weighted by molar-refractivity contribution is 6.30. The van der Waals surface area contributed by atoms with Gasteiger partial charge in [-0.2, -0.15) is 0 Å². The first-order valence-corrected chi connectivity index (χ1v) is 7.28. The highest BCUT2D eigenvalue weighted by Gasteiger charge is 2.02. The van der Waals surface area contributed by atoms with E-state index in [9.17, 15) is 4.79 Å². The van der Waals surface area contributed by atoms with Crippen molar-refractivity contribution in [2.75, 3.05) is 11.9 Å². The second-order valence-corrected chi connectivity index (χ2v) is 5.09. The zero-order valence-corrected chi connectivity index (χ0v) is 12.4. The molecule has 110 valence electrons. The molecule has 0 aliphatic heterocycles. The van der Waals surface area contributed by atoms with Crippen molar-refractivity contribution in [3.05, 3.63) is 59.4 Å². The van der Waals surface area contributed by atoms with Crippen LogP contribution in [0.2, 0.25) is 5.02 Å². The Hall–Kier alpha value is -1.91. The van der Waals surface area contributed by atoms with Crippen molar-refractivity contribution in [2.24, 2.45) is 0 Å². The van der Waals surface area contributed by atoms with Crippen molar-refractivity contribution >= 4 is 23.2 Å². The Morgan fingerprint density at radius 1 is 1.14 bits per heavy atom. The van der Waals surface area contributed by atoms with Crippen molar-refractivity contribution in [2.45, 2.75) is 19.4 Å². The van der Waals surface area contributed by atoms with Gasteiger partial charge in [-0.25, -0.2) is 0 Å². The van der Waals surface area contributed by atoms with E-state index in [1.165, 1.54) is 0 Å². The van der Waals surface area contributed by atoms with E-state index in [2.05, 4.69) is 15.6 Å². The number of nitrogens with one attached hydrogen (secondary N) is 2. The van der Waals surface area contributed by atoms with Gasteiger partial charge >= 0.3 is 0 Å². The summed E-state index contributed by atoms with van der Waals surface area (Å²) in [5.74, 6) is 0.0111. The van der Waals surface area contributed by atoms with Crippen molar-refractivity contribution in [1.82, 2.24) is 10.3 Å². The smallest absolute Gasteiger partial charge is 0.224 e. The molecule has 1 aromatic carbocycles. The van der Waals surface area contributed by atoms with Gasteiger partial charge in [-0.1, -0.05) is 17.7 Å². The summed E-state index contributed by atoms with van der Waals surface area (Å²) in [5, 5.41) is 6.77. The van der Waals surface area contributed by atoms with E-state index in [1.54, 1.807) is 30.5 Å². The zero-order chi connectivity index (χ0) is 14.9. The molecular weight excluding hydrogens is 286 g/mol. The maximum absolute atomic E-state index is 11.7. The lowest BCUT2D eigenvalue weighted by Gasteiger charge is -2.06. The quantitative estimate of drug-likeness (QED) is 0.772. The number of rotatable bonds is 7. The van der Waals surface area contributed by atoms with E-state index in [4.69, 9.17) is 11.6 Å². The standard InChI is InChI=1S/C16H18ClN3O/c17-13-6-8-14(9-7-13)20-16(21)5-3-10-18-12-15-4-1-2-11-19-15/h1-2,4,6-9,11,18H,3,5,10,12H2,(H,20,21). The molecule has 0 saturated heterocycles. The molecule has 1 heterocycles. The lowest BCUT2D eigenvalue weighted by atomic mass is 10.2. The third-order valence-electron chi connectivity index (χ3n) is 2.92. The molecule has 0 saturated carbocycles. The predicted molar refractivity (Wildman–Crippen MR) is 85.3 cm³/mol. The van der Waals surface area contributed by atoms with Crippen LogP contribution in [0.15, 0.2) is 48.7 Å². The van der Waals surface area contributed by atoms with Crippen molar-refractivity contribution < 1.29 is 4.79 Å². The highest BCUT2D eigenvalue weighted by atomic mass is 35.5. The van der Waals surface area contributed by atoms with E-state index >= 15 is 0 Å². The van der Waals surface area contributed by atoms with Crippen LogP contribution >= 0.6 is 11.6 Å². The summed E-state index contributed by atoms with van der Waals surface area (Å²) in [6, 6.07) is 12.9. The van der Waals surface area contributed by atoms with Crippen LogP contribution < -0.4 is 10.6 Å². The van der Waals surface area contributed by atoms with Crippen LogP contribution in [0.1, 0.15) is 18.5 Å². The molecule has 2 aromatic rings. The molecule has 4 nitrogen and oxygen atoms in total. The second kappa shape index (κ2) is 8.39. The van der Waals surface area contributed by atoms with Crippen molar-refractivity contribution in [3.8, 4) is 0 Å². The van der Waals surface area contributed by atoms with Crippen LogP contribution in [0.4, 0.5) is 5.69 Å². The molecule has 0 aliphatic carbocycles. The number of pyridine rings is 1. The third kappa shape index (κ3) is 5.94. The van der Waals surface area contributed by atoms with E-state index in [1.807, 2.05) is 18.2 Å². The fourth-order valence-electron chi connectivity index (χ4n) is 1.85. The summed E-state index contributed by atoms with van der Waals surface area (Å²) >= 11 is 5.79. The minimum Gasteiger partial charge on any atom is -0.326 e. The van der Waals surface area contributed by atoms with Gasteiger partial charge < -0.3 is 10.6 Å². The van der Waals surface area contributed by atoms with Gasteiger partial charge in [-0.3, -0.25) is 9.78 Å². The van der Waals surface area contributed by atoms with E-state index in [0.717, 1.165) is 30.9 Å². The monoisotopic (exact) mass is 303 g/mol. The Labute approximate surface area is 129 Å². The average molecular weight is 304 g/mol. The minimum absolute atomic E-state index is 0.0111. The average Bonchev–Trinajstić information content (AvgIpc) is 2.50. The number of carbonyl (C=O) groups excluding carboxylic acids is 1. The van der Waals surface area contributed by atoms with Crippen LogP contribution in [0, 0.1) is 0 Å². The summed E-state index contributed by atoms with van der Waals surface area (Å²) in [4.78, 5) is 16.0. The van der Waals surface area contributed by atoms with Crippen LogP contribution in [0.25, 0.3) is 0 Å². The molecule has 0 fully saturated rings. The Balaban J connectivity index is 1.60. The molecule has 2 N–H and O–H groups in total. The molecule has 21 heavy (non-hydrogen) atoms. The van der Waals surface area contributed by atoms with Crippen molar-refractivity contribution in [3.63, 3.8) is 0 Å². The molecule has 0 spiro atoms. The Bertz CT molecular complexity index is 557. The lowest BCUT2D eigenvalue weighted by molar-refractivity contribution is -0.116. The second-order valence-electron chi connectivity index (χ2n) is 4.66. The number of nitrogens with zero attached hydrogens (tertiary/aromatic N) is 1. The van der Waals surface area contributed by atoms with Crippen LogP contribution in [0.5, 0.6) is 0 Å². The first kappa shape index (κ1) is 15.5. The summed E-state index contributed by atoms with van der Waals surface area (Å²) in [6.07, 6.45) is 3.04. The van der Waals surface area contributed by atoms with Gasteiger partial charge in [-0.05, 0) is 49.4 Å². The van der Waals surface area contributed by atoms with Gasteiger partial charge in [-0.15, -0.1) is 0 Å². The van der Waals surface area contributed by atoms with Crippen LogP contribution in [0.3, 0.4) is 0 Å². The minimum atomic E-state index is 0.0111. The van der Waals surface area contributed by atoms with Crippen LogP contribution in [-0.4, -0.2) is 17.4 Å². The molecule has 5 heteroatoms. The first-order valence-electron chi connectivity index (χ1n) is 6.90. The molecule has 0 radical (unpaired) electrons. The largest absolute Gasteiger partial charge is 0.326 e. The summed E-state index contributed by atoms with van der Waals surface area (Å²) in [6.45, 7) is 1.50. The molecule has 1 amide bonds. The molecular formula is C16H18ClN3O. The zero-order valence-electron chi connectivity index (χ0n) is 11.7. The maximum Gasteiger partial charge on any atom is 0.224 e.